The van der Waals surface area contributed by atoms with E-state index in [1.807, 2.05) is 0 Å². The van der Waals surface area contributed by atoms with E-state index in [0.29, 0.717) is 16.5 Å². The molecule has 148 valence electrons. The highest BCUT2D eigenvalue weighted by molar-refractivity contribution is 6.31. The lowest BCUT2D eigenvalue weighted by atomic mass is 10.0. The molecule has 28 heavy (non-hydrogen) atoms. The maximum Gasteiger partial charge on any atom is 0.242 e. The van der Waals surface area contributed by atoms with E-state index < -0.39 is 12.1 Å². The van der Waals surface area contributed by atoms with E-state index in [1.54, 1.807) is 30.3 Å². The molecular formula is C20H20ClFN2O4. The Bertz CT molecular complexity index is 860. The highest BCUT2D eigenvalue weighted by Crippen LogP contribution is 2.28. The minimum atomic E-state index is -0.679. The number of nitrogens with one attached hydrogen (secondary N) is 2. The van der Waals surface area contributed by atoms with Gasteiger partial charge >= 0.3 is 0 Å². The second-order valence-corrected chi connectivity index (χ2v) is 6.83. The molecule has 3 rings (SSSR count). The number of amides is 1. The summed E-state index contributed by atoms with van der Waals surface area (Å²) >= 11 is 5.97. The normalized spacial score (nSPS) is 19.3. The van der Waals surface area contributed by atoms with Crippen molar-refractivity contribution in [3.63, 3.8) is 0 Å². The minimum absolute atomic E-state index is 0.00278. The summed E-state index contributed by atoms with van der Waals surface area (Å²) in [6, 6.07) is 10.1. The van der Waals surface area contributed by atoms with Crippen molar-refractivity contribution in [2.45, 2.75) is 25.2 Å². The van der Waals surface area contributed by atoms with Gasteiger partial charge in [-0.05, 0) is 35.9 Å². The van der Waals surface area contributed by atoms with Crippen LogP contribution in [0.4, 0.5) is 10.1 Å². The van der Waals surface area contributed by atoms with Crippen molar-refractivity contribution in [3.8, 4) is 5.75 Å². The SMILES string of the molecule is COc1ccc(Cl)cc1NC(=O)C1CC(=O)C(OCc2ccc(F)cc2)CN1. The van der Waals surface area contributed by atoms with E-state index in [0.717, 1.165) is 5.56 Å². The summed E-state index contributed by atoms with van der Waals surface area (Å²) < 4.78 is 23.8. The number of carbonyl (C=O) groups excluding carboxylic acids is 2. The Kier molecular flexibility index (Phi) is 6.61. The molecule has 6 nitrogen and oxygen atoms in total. The molecule has 1 heterocycles. The number of rotatable bonds is 6. The highest BCUT2D eigenvalue weighted by Gasteiger charge is 2.33. The van der Waals surface area contributed by atoms with Gasteiger partial charge in [0.15, 0.2) is 5.78 Å². The van der Waals surface area contributed by atoms with E-state index in [1.165, 1.54) is 19.2 Å². The van der Waals surface area contributed by atoms with Gasteiger partial charge in [0, 0.05) is 18.0 Å². The van der Waals surface area contributed by atoms with Crippen LogP contribution in [0.1, 0.15) is 12.0 Å². The number of benzene rings is 2. The van der Waals surface area contributed by atoms with Crippen molar-refractivity contribution in [2.24, 2.45) is 0 Å². The number of Topliss-reactive ketones (excluding diaryl/α,β-unsaturated/α-hetero) is 1. The molecule has 2 unspecified atom stereocenters. The van der Waals surface area contributed by atoms with Crippen molar-refractivity contribution >= 4 is 29.0 Å². The summed E-state index contributed by atoms with van der Waals surface area (Å²) in [6.45, 7) is 0.403. The first-order valence-electron chi connectivity index (χ1n) is 8.73. The number of hydrogen-bond donors (Lipinski definition) is 2. The average Bonchev–Trinajstić information content (AvgIpc) is 2.68. The molecule has 1 amide bonds. The van der Waals surface area contributed by atoms with Crippen LogP contribution in [0.2, 0.25) is 5.02 Å². The highest BCUT2D eigenvalue weighted by atomic mass is 35.5. The number of piperidine rings is 1. The molecule has 0 bridgehead atoms. The zero-order chi connectivity index (χ0) is 20.1. The Morgan fingerprint density at radius 2 is 2.04 bits per heavy atom. The molecule has 1 aliphatic heterocycles. The van der Waals surface area contributed by atoms with Crippen LogP contribution in [0, 0.1) is 5.82 Å². The van der Waals surface area contributed by atoms with Crippen LogP contribution >= 0.6 is 11.6 Å². The number of anilines is 1. The van der Waals surface area contributed by atoms with Crippen molar-refractivity contribution in [2.75, 3.05) is 19.0 Å². The zero-order valence-corrected chi connectivity index (χ0v) is 16.0. The number of ether oxygens (including phenoxy) is 2. The molecule has 8 heteroatoms. The summed E-state index contributed by atoms with van der Waals surface area (Å²) in [7, 11) is 1.49. The smallest absolute Gasteiger partial charge is 0.242 e. The molecule has 2 aromatic carbocycles. The van der Waals surface area contributed by atoms with Crippen molar-refractivity contribution in [1.29, 1.82) is 0 Å². The van der Waals surface area contributed by atoms with Gasteiger partial charge < -0.3 is 20.1 Å². The fourth-order valence-corrected chi connectivity index (χ4v) is 3.05. The number of ketones is 1. The second kappa shape index (κ2) is 9.14. The quantitative estimate of drug-likeness (QED) is 0.771. The standard InChI is InChI=1S/C20H20ClFN2O4/c1-27-18-7-4-13(21)8-15(18)24-20(26)16-9-17(25)19(10-23-16)28-11-12-2-5-14(22)6-3-12/h2-8,16,19,23H,9-11H2,1H3,(H,24,26). The van der Waals surface area contributed by atoms with Crippen LogP contribution in [0.25, 0.3) is 0 Å². The third-order valence-corrected chi connectivity index (χ3v) is 4.65. The van der Waals surface area contributed by atoms with Crippen molar-refractivity contribution in [3.05, 3.63) is 58.9 Å². The lowest BCUT2D eigenvalue weighted by Gasteiger charge is -2.28. The van der Waals surface area contributed by atoms with Crippen LogP contribution in [0.3, 0.4) is 0 Å². The van der Waals surface area contributed by atoms with Gasteiger partial charge in [0.25, 0.3) is 0 Å². The van der Waals surface area contributed by atoms with Crippen molar-refractivity contribution in [1.82, 2.24) is 5.32 Å². The summed E-state index contributed by atoms with van der Waals surface area (Å²) in [5.41, 5.74) is 1.20. The summed E-state index contributed by atoms with van der Waals surface area (Å²) in [5.74, 6) is -0.380. The van der Waals surface area contributed by atoms with E-state index in [9.17, 15) is 14.0 Å². The first-order valence-corrected chi connectivity index (χ1v) is 9.10. The summed E-state index contributed by atoms with van der Waals surface area (Å²) in [5, 5.41) is 6.21. The van der Waals surface area contributed by atoms with Gasteiger partial charge in [-0.15, -0.1) is 0 Å². The topological polar surface area (TPSA) is 76.7 Å². The number of carbonyl (C=O) groups is 2. The van der Waals surface area contributed by atoms with E-state index >= 15 is 0 Å². The molecular weight excluding hydrogens is 387 g/mol. The van der Waals surface area contributed by atoms with Crippen LogP contribution in [-0.4, -0.2) is 37.5 Å². The van der Waals surface area contributed by atoms with E-state index in [4.69, 9.17) is 21.1 Å². The maximum absolute atomic E-state index is 12.9. The molecule has 2 atom stereocenters. The number of halogens is 2. The lowest BCUT2D eigenvalue weighted by molar-refractivity contribution is -0.137. The number of methoxy groups -OCH3 is 1. The molecule has 0 saturated carbocycles. The van der Waals surface area contributed by atoms with Gasteiger partial charge in [-0.2, -0.15) is 0 Å². The van der Waals surface area contributed by atoms with Gasteiger partial charge in [0.05, 0.1) is 25.4 Å². The molecule has 1 saturated heterocycles. The van der Waals surface area contributed by atoms with Gasteiger partial charge in [0.1, 0.15) is 17.7 Å². The average molecular weight is 407 g/mol. The Labute approximate surface area is 167 Å². The summed E-state index contributed by atoms with van der Waals surface area (Å²) in [4.78, 5) is 24.9. The predicted octanol–water partition coefficient (Wildman–Crippen LogP) is 2.94. The van der Waals surface area contributed by atoms with Crippen LogP contribution in [-0.2, 0) is 20.9 Å². The predicted molar refractivity (Wildman–Crippen MR) is 103 cm³/mol. The maximum atomic E-state index is 12.9. The van der Waals surface area contributed by atoms with Crippen molar-refractivity contribution < 1.29 is 23.5 Å². The first kappa shape index (κ1) is 20.3. The Balaban J connectivity index is 1.54. The Morgan fingerprint density at radius 3 is 2.71 bits per heavy atom. The molecule has 1 fully saturated rings. The Hall–Kier alpha value is -2.48. The van der Waals surface area contributed by atoms with Crippen LogP contribution < -0.4 is 15.4 Å². The molecule has 0 aromatic heterocycles. The third-order valence-electron chi connectivity index (χ3n) is 4.41. The van der Waals surface area contributed by atoms with Gasteiger partial charge in [-0.1, -0.05) is 23.7 Å². The third kappa shape index (κ3) is 5.07. The fraction of sp³-hybridized carbons (Fsp3) is 0.300. The molecule has 0 aliphatic carbocycles. The fourth-order valence-electron chi connectivity index (χ4n) is 2.88. The minimum Gasteiger partial charge on any atom is -0.495 e. The summed E-state index contributed by atoms with van der Waals surface area (Å²) in [6.07, 6.45) is -0.655. The van der Waals surface area contributed by atoms with Gasteiger partial charge in [-0.3, -0.25) is 9.59 Å². The molecule has 0 radical (unpaired) electrons. The van der Waals surface area contributed by atoms with Gasteiger partial charge in [-0.25, -0.2) is 4.39 Å². The van der Waals surface area contributed by atoms with E-state index in [2.05, 4.69) is 10.6 Å². The first-order chi connectivity index (χ1) is 13.5. The van der Waals surface area contributed by atoms with Crippen LogP contribution in [0.5, 0.6) is 5.75 Å². The molecule has 0 spiro atoms. The largest absolute Gasteiger partial charge is 0.495 e. The number of hydrogen-bond acceptors (Lipinski definition) is 5. The monoisotopic (exact) mass is 406 g/mol. The van der Waals surface area contributed by atoms with E-state index in [-0.39, 0.29) is 37.1 Å². The van der Waals surface area contributed by atoms with Gasteiger partial charge in [0.2, 0.25) is 5.91 Å². The molecule has 2 aromatic rings. The van der Waals surface area contributed by atoms with Crippen LogP contribution in [0.15, 0.2) is 42.5 Å². The lowest BCUT2D eigenvalue weighted by Crippen LogP contribution is -2.53. The Morgan fingerprint density at radius 1 is 1.29 bits per heavy atom. The molecule has 1 aliphatic rings. The second-order valence-electron chi connectivity index (χ2n) is 6.39. The zero-order valence-electron chi connectivity index (χ0n) is 15.2. The molecule has 2 N–H and O–H groups in total.